The summed E-state index contributed by atoms with van der Waals surface area (Å²) in [6.45, 7) is 0.418. The molecule has 3 N–H and O–H groups in total. The molecule has 0 fully saturated rings. The lowest BCUT2D eigenvalue weighted by atomic mass is 10.2. The van der Waals surface area contributed by atoms with E-state index in [1.807, 2.05) is 6.08 Å². The predicted octanol–water partition coefficient (Wildman–Crippen LogP) is 2.08. The Balaban J connectivity index is 2.56. The van der Waals surface area contributed by atoms with Gasteiger partial charge in [-0.25, -0.2) is 4.98 Å². The predicted molar refractivity (Wildman–Crippen MR) is 58.0 cm³/mol. The number of azide groups is 1. The molecule has 0 bridgehead atoms. The lowest BCUT2D eigenvalue weighted by molar-refractivity contribution is 0.475. The number of nitrogen functional groups attached to an aromatic ring is 1. The number of pyridine rings is 1. The van der Waals surface area contributed by atoms with Crippen molar-refractivity contribution in [2.75, 3.05) is 12.3 Å². The zero-order valence-corrected chi connectivity index (χ0v) is 8.04. The van der Waals surface area contributed by atoms with Crippen LogP contribution in [0.5, 0.6) is 5.75 Å². The summed E-state index contributed by atoms with van der Waals surface area (Å²) in [5, 5.41) is 12.6. The third-order valence-corrected chi connectivity index (χ3v) is 1.69. The molecule has 0 radical (unpaired) electrons. The van der Waals surface area contributed by atoms with E-state index in [1.54, 1.807) is 12.3 Å². The molecule has 0 spiro atoms. The first kappa shape index (κ1) is 10.9. The van der Waals surface area contributed by atoms with Crippen LogP contribution in [0.25, 0.3) is 16.5 Å². The van der Waals surface area contributed by atoms with Gasteiger partial charge >= 0.3 is 0 Å². The van der Waals surface area contributed by atoms with Gasteiger partial charge in [0.15, 0.2) is 11.6 Å². The van der Waals surface area contributed by atoms with E-state index >= 15 is 0 Å². The highest BCUT2D eigenvalue weighted by Crippen LogP contribution is 2.18. The minimum atomic E-state index is -0.0350. The Morgan fingerprint density at radius 1 is 1.67 bits per heavy atom. The molecule has 0 aliphatic rings. The highest BCUT2D eigenvalue weighted by atomic mass is 16.3. The van der Waals surface area contributed by atoms with Gasteiger partial charge in [-0.05, 0) is 23.6 Å². The molecule has 0 saturated carbocycles. The molecular weight excluding hydrogens is 194 g/mol. The molecule has 6 nitrogen and oxygen atoms in total. The lowest BCUT2D eigenvalue weighted by Gasteiger charge is -1.98. The Kier molecular flexibility index (Phi) is 4.00. The van der Waals surface area contributed by atoms with Gasteiger partial charge in [0.05, 0.1) is 0 Å². The van der Waals surface area contributed by atoms with Crippen molar-refractivity contribution >= 4 is 11.9 Å². The first-order valence-electron chi connectivity index (χ1n) is 4.36. The fraction of sp³-hybridized carbons (Fsp3) is 0.222. The van der Waals surface area contributed by atoms with Crippen LogP contribution in [0.15, 0.2) is 23.5 Å². The third kappa shape index (κ3) is 3.58. The van der Waals surface area contributed by atoms with Gasteiger partial charge < -0.3 is 10.8 Å². The van der Waals surface area contributed by atoms with Gasteiger partial charge in [-0.15, -0.1) is 0 Å². The molecule has 0 aliphatic heterocycles. The van der Waals surface area contributed by atoms with E-state index in [2.05, 4.69) is 15.0 Å². The maximum atomic E-state index is 9.25. The van der Waals surface area contributed by atoms with Crippen LogP contribution < -0.4 is 5.73 Å². The van der Waals surface area contributed by atoms with Gasteiger partial charge in [-0.1, -0.05) is 17.3 Å². The number of aromatic hydroxyl groups is 1. The van der Waals surface area contributed by atoms with E-state index < -0.39 is 0 Å². The van der Waals surface area contributed by atoms with Gasteiger partial charge in [-0.3, -0.25) is 0 Å². The second kappa shape index (κ2) is 5.51. The summed E-state index contributed by atoms with van der Waals surface area (Å²) < 4.78 is 0. The van der Waals surface area contributed by atoms with Crippen LogP contribution in [0.3, 0.4) is 0 Å². The first-order valence-corrected chi connectivity index (χ1v) is 4.36. The van der Waals surface area contributed by atoms with E-state index in [4.69, 9.17) is 11.3 Å². The molecule has 0 aliphatic carbocycles. The van der Waals surface area contributed by atoms with Crippen molar-refractivity contribution in [3.8, 4) is 5.75 Å². The van der Waals surface area contributed by atoms with Crippen LogP contribution in [0.2, 0.25) is 0 Å². The minimum Gasteiger partial charge on any atom is -0.504 e. The number of aromatic nitrogens is 1. The maximum Gasteiger partial charge on any atom is 0.165 e. The molecule has 15 heavy (non-hydrogen) atoms. The van der Waals surface area contributed by atoms with Crippen molar-refractivity contribution in [2.45, 2.75) is 6.42 Å². The highest BCUT2D eigenvalue weighted by molar-refractivity contribution is 5.55. The van der Waals surface area contributed by atoms with E-state index in [9.17, 15) is 5.11 Å². The Morgan fingerprint density at radius 2 is 2.47 bits per heavy atom. The normalized spacial score (nSPS) is 10.1. The first-order chi connectivity index (χ1) is 7.24. The standard InChI is InChI=1S/C9H11N5O/c10-9-8(15)5-7(6-12-9)3-1-2-4-13-14-11/h1,3,5-6,15H,2,4H2,(H2,10,12). The number of rotatable bonds is 4. The SMILES string of the molecule is [N-]=[N+]=NCCC=Cc1cnc(N)c(O)c1. The molecular formula is C9H11N5O. The average molecular weight is 205 g/mol. The van der Waals surface area contributed by atoms with E-state index in [0.717, 1.165) is 5.56 Å². The van der Waals surface area contributed by atoms with Crippen LogP contribution in [-0.2, 0) is 0 Å². The molecule has 0 aromatic carbocycles. The fourth-order valence-electron chi connectivity index (χ4n) is 0.967. The van der Waals surface area contributed by atoms with Gasteiger partial charge in [0.2, 0.25) is 0 Å². The molecule has 0 unspecified atom stereocenters. The number of nitrogens with two attached hydrogens (primary N) is 1. The molecule has 78 valence electrons. The van der Waals surface area contributed by atoms with Gasteiger partial charge in [-0.2, -0.15) is 0 Å². The Labute approximate surface area is 86.7 Å². The average Bonchev–Trinajstić information content (AvgIpc) is 2.23. The fourth-order valence-corrected chi connectivity index (χ4v) is 0.967. The smallest absolute Gasteiger partial charge is 0.165 e. The zero-order valence-electron chi connectivity index (χ0n) is 8.04. The minimum absolute atomic E-state index is 0.0350. The monoisotopic (exact) mass is 205 g/mol. The third-order valence-electron chi connectivity index (χ3n) is 1.69. The maximum absolute atomic E-state index is 9.25. The number of anilines is 1. The Hall–Kier alpha value is -2.20. The van der Waals surface area contributed by atoms with Crippen molar-refractivity contribution in [3.63, 3.8) is 0 Å². The molecule has 0 saturated heterocycles. The molecule has 0 atom stereocenters. The van der Waals surface area contributed by atoms with Crippen molar-refractivity contribution in [2.24, 2.45) is 5.11 Å². The summed E-state index contributed by atoms with van der Waals surface area (Å²) in [4.78, 5) is 6.42. The zero-order chi connectivity index (χ0) is 11.1. The van der Waals surface area contributed by atoms with E-state index in [0.29, 0.717) is 13.0 Å². The van der Waals surface area contributed by atoms with Gasteiger partial charge in [0, 0.05) is 17.7 Å². The summed E-state index contributed by atoms with van der Waals surface area (Å²) in [6, 6.07) is 1.52. The summed E-state index contributed by atoms with van der Waals surface area (Å²) in [5.41, 5.74) is 14.1. The molecule has 1 rings (SSSR count). The van der Waals surface area contributed by atoms with E-state index in [-0.39, 0.29) is 11.6 Å². The summed E-state index contributed by atoms with van der Waals surface area (Å²) in [7, 11) is 0. The van der Waals surface area contributed by atoms with Crippen LogP contribution in [0.4, 0.5) is 5.82 Å². The van der Waals surface area contributed by atoms with Crippen LogP contribution in [0, 0.1) is 0 Å². The number of nitrogens with zero attached hydrogens (tertiary/aromatic N) is 4. The topological polar surface area (TPSA) is 108 Å². The van der Waals surface area contributed by atoms with Crippen LogP contribution >= 0.6 is 0 Å². The number of hydrogen-bond donors (Lipinski definition) is 2. The largest absolute Gasteiger partial charge is 0.504 e. The molecule has 6 heteroatoms. The van der Waals surface area contributed by atoms with Gasteiger partial charge in [0.25, 0.3) is 0 Å². The molecule has 0 amide bonds. The van der Waals surface area contributed by atoms with Crippen molar-refractivity contribution < 1.29 is 5.11 Å². The van der Waals surface area contributed by atoms with Crippen molar-refractivity contribution in [3.05, 3.63) is 34.3 Å². The summed E-state index contributed by atoms with van der Waals surface area (Å²) in [6.07, 6.45) is 5.81. The van der Waals surface area contributed by atoms with Crippen molar-refractivity contribution in [1.29, 1.82) is 0 Å². The van der Waals surface area contributed by atoms with Crippen LogP contribution in [-0.4, -0.2) is 16.6 Å². The Bertz CT molecular complexity index is 409. The lowest BCUT2D eigenvalue weighted by Crippen LogP contribution is -1.90. The van der Waals surface area contributed by atoms with Crippen LogP contribution in [0.1, 0.15) is 12.0 Å². The highest BCUT2D eigenvalue weighted by Gasteiger charge is 1.96. The number of hydrogen-bond acceptors (Lipinski definition) is 4. The van der Waals surface area contributed by atoms with Gasteiger partial charge in [0.1, 0.15) is 0 Å². The van der Waals surface area contributed by atoms with E-state index in [1.165, 1.54) is 6.07 Å². The second-order valence-corrected chi connectivity index (χ2v) is 2.82. The van der Waals surface area contributed by atoms with Crippen molar-refractivity contribution in [1.82, 2.24) is 4.98 Å². The Morgan fingerprint density at radius 3 is 3.13 bits per heavy atom. The summed E-state index contributed by atoms with van der Waals surface area (Å²) in [5.74, 6) is 0.0772. The quantitative estimate of drug-likeness (QED) is 0.340. The second-order valence-electron chi connectivity index (χ2n) is 2.82. The molecule has 1 heterocycles. The summed E-state index contributed by atoms with van der Waals surface area (Å²) >= 11 is 0. The molecule has 1 aromatic heterocycles. The molecule has 1 aromatic rings.